The van der Waals surface area contributed by atoms with E-state index in [2.05, 4.69) is 26.0 Å². The largest absolute Gasteiger partial charge is 0.573 e. The van der Waals surface area contributed by atoms with Crippen LogP contribution in [0, 0.1) is 5.82 Å². The number of anilines is 1. The number of nitrogens with one attached hydrogen (secondary N) is 1. The zero-order chi connectivity index (χ0) is 21.2. The number of halogens is 5. The fraction of sp³-hybridized carbons (Fsp3) is 0.158. The minimum Gasteiger partial charge on any atom is -0.406 e. The molecule has 0 radical (unpaired) electrons. The number of allylic oxidation sites excluding steroid dienone is 1. The lowest BCUT2D eigenvalue weighted by molar-refractivity contribution is -0.274. The van der Waals surface area contributed by atoms with Crippen LogP contribution in [0.1, 0.15) is 18.0 Å². The molecule has 1 N–H and O–H groups in total. The molecule has 29 heavy (non-hydrogen) atoms. The Kier molecular flexibility index (Phi) is 5.92. The number of ketones is 1. The molecule has 0 aliphatic carbocycles. The Balaban J connectivity index is 1.80. The van der Waals surface area contributed by atoms with Gasteiger partial charge in [-0.05, 0) is 57.9 Å². The number of ether oxygens (including phenoxy) is 1. The van der Waals surface area contributed by atoms with Crippen molar-refractivity contribution in [3.8, 4) is 5.75 Å². The van der Waals surface area contributed by atoms with Crippen LogP contribution in [0.4, 0.5) is 28.0 Å². The second-order valence-corrected chi connectivity index (χ2v) is 6.93. The summed E-state index contributed by atoms with van der Waals surface area (Å²) in [7, 11) is 0. The summed E-state index contributed by atoms with van der Waals surface area (Å²) in [5.74, 6) is -1.10. The van der Waals surface area contributed by atoms with E-state index < -0.39 is 30.0 Å². The van der Waals surface area contributed by atoms with Gasteiger partial charge in [-0.1, -0.05) is 12.1 Å². The van der Waals surface area contributed by atoms with E-state index >= 15 is 0 Å². The molecule has 1 aliphatic heterocycles. The third kappa shape index (κ3) is 5.35. The summed E-state index contributed by atoms with van der Waals surface area (Å²) in [6.07, 6.45) is -2.27. The normalized spacial score (nSPS) is 16.7. The number of rotatable bonds is 3. The third-order valence-electron chi connectivity index (χ3n) is 4.06. The van der Waals surface area contributed by atoms with Gasteiger partial charge < -0.3 is 10.1 Å². The van der Waals surface area contributed by atoms with Gasteiger partial charge in [0, 0.05) is 17.1 Å². The molecule has 0 unspecified atom stereocenters. The first-order chi connectivity index (χ1) is 13.6. The Morgan fingerprint density at radius 2 is 1.86 bits per heavy atom. The summed E-state index contributed by atoms with van der Waals surface area (Å²) in [6, 6.07) is 7.51. The molecule has 0 bridgehead atoms. The SMILES string of the molecule is O=C1C=CN(C(=O)Nc2ccc(OC(F)(F)F)cc2Br)[C@H](c2ccc(F)cc2)C1. The van der Waals surface area contributed by atoms with Crippen LogP contribution in [-0.4, -0.2) is 23.1 Å². The highest BCUT2D eigenvalue weighted by Gasteiger charge is 2.32. The van der Waals surface area contributed by atoms with Crippen LogP contribution < -0.4 is 10.1 Å². The molecule has 10 heteroatoms. The smallest absolute Gasteiger partial charge is 0.406 e. The molecule has 0 spiro atoms. The fourth-order valence-electron chi connectivity index (χ4n) is 2.77. The molecule has 0 aromatic heterocycles. The highest BCUT2D eigenvalue weighted by Crippen LogP contribution is 2.33. The number of hydrogen-bond acceptors (Lipinski definition) is 3. The Labute approximate surface area is 171 Å². The summed E-state index contributed by atoms with van der Waals surface area (Å²) in [5.41, 5.74) is 0.764. The number of carbonyl (C=O) groups is 2. The van der Waals surface area contributed by atoms with Crippen molar-refractivity contribution in [1.29, 1.82) is 0 Å². The molecule has 5 nitrogen and oxygen atoms in total. The molecular formula is C19H13BrF4N2O3. The number of hydrogen-bond donors (Lipinski definition) is 1. The Hall–Kier alpha value is -2.88. The van der Waals surface area contributed by atoms with Crippen molar-refractivity contribution < 1.29 is 31.9 Å². The standard InChI is InChI=1S/C19H13BrF4N2O3/c20-15-10-14(29-19(22,23)24)5-6-16(15)25-18(28)26-8-7-13(27)9-17(26)11-1-3-12(21)4-2-11/h1-8,10,17H,9H2,(H,25,28)/t17-/m0/s1. The summed E-state index contributed by atoms with van der Waals surface area (Å²) >= 11 is 3.09. The van der Waals surface area contributed by atoms with Crippen LogP contribution in [0.2, 0.25) is 0 Å². The lowest BCUT2D eigenvalue weighted by atomic mass is 9.97. The van der Waals surface area contributed by atoms with Gasteiger partial charge in [0.2, 0.25) is 0 Å². The van der Waals surface area contributed by atoms with Gasteiger partial charge in [0.25, 0.3) is 0 Å². The monoisotopic (exact) mass is 472 g/mol. The zero-order valence-corrected chi connectivity index (χ0v) is 16.1. The van der Waals surface area contributed by atoms with Gasteiger partial charge in [0.15, 0.2) is 5.78 Å². The summed E-state index contributed by atoms with van der Waals surface area (Å²) in [6.45, 7) is 0. The van der Waals surface area contributed by atoms with Crippen LogP contribution >= 0.6 is 15.9 Å². The number of alkyl halides is 3. The number of amides is 2. The number of carbonyl (C=O) groups excluding carboxylic acids is 2. The molecule has 2 aromatic carbocycles. The Morgan fingerprint density at radius 1 is 1.17 bits per heavy atom. The van der Waals surface area contributed by atoms with Crippen LogP contribution in [0.5, 0.6) is 5.75 Å². The molecule has 2 aromatic rings. The van der Waals surface area contributed by atoms with Crippen LogP contribution in [0.3, 0.4) is 0 Å². The van der Waals surface area contributed by atoms with E-state index in [1.165, 1.54) is 47.5 Å². The van der Waals surface area contributed by atoms with Crippen molar-refractivity contribution in [2.24, 2.45) is 0 Å². The lowest BCUT2D eigenvalue weighted by Crippen LogP contribution is -2.37. The van der Waals surface area contributed by atoms with Gasteiger partial charge in [0.05, 0.1) is 11.7 Å². The van der Waals surface area contributed by atoms with E-state index in [0.717, 1.165) is 12.1 Å². The Bertz CT molecular complexity index is 961. The third-order valence-corrected chi connectivity index (χ3v) is 4.71. The van der Waals surface area contributed by atoms with E-state index in [0.29, 0.717) is 5.56 Å². The molecular weight excluding hydrogens is 460 g/mol. The van der Waals surface area contributed by atoms with Crippen LogP contribution in [-0.2, 0) is 4.79 Å². The Morgan fingerprint density at radius 3 is 2.48 bits per heavy atom. The number of nitrogens with zero attached hydrogens (tertiary/aromatic N) is 1. The van der Waals surface area contributed by atoms with E-state index in [9.17, 15) is 27.2 Å². The summed E-state index contributed by atoms with van der Waals surface area (Å²) in [5, 5.41) is 2.56. The summed E-state index contributed by atoms with van der Waals surface area (Å²) < 4.78 is 54.1. The van der Waals surface area contributed by atoms with Crippen molar-refractivity contribution >= 4 is 33.4 Å². The van der Waals surface area contributed by atoms with Crippen LogP contribution in [0.15, 0.2) is 59.2 Å². The predicted molar refractivity (Wildman–Crippen MR) is 99.6 cm³/mol. The second-order valence-electron chi connectivity index (χ2n) is 6.08. The van der Waals surface area contributed by atoms with Gasteiger partial charge in [-0.25, -0.2) is 9.18 Å². The van der Waals surface area contributed by atoms with Gasteiger partial charge in [-0.2, -0.15) is 0 Å². The molecule has 1 atom stereocenters. The van der Waals surface area contributed by atoms with Crippen molar-refractivity contribution in [3.05, 3.63) is 70.6 Å². The van der Waals surface area contributed by atoms with Gasteiger partial charge >= 0.3 is 12.4 Å². The van der Waals surface area contributed by atoms with E-state index in [1.807, 2.05) is 0 Å². The van der Waals surface area contributed by atoms with Crippen molar-refractivity contribution in [1.82, 2.24) is 4.90 Å². The molecule has 0 saturated carbocycles. The lowest BCUT2D eigenvalue weighted by Gasteiger charge is -2.31. The average molecular weight is 473 g/mol. The van der Waals surface area contributed by atoms with Gasteiger partial charge in [-0.15, -0.1) is 13.2 Å². The molecule has 2 amide bonds. The highest BCUT2D eigenvalue weighted by atomic mass is 79.9. The van der Waals surface area contributed by atoms with Crippen molar-refractivity contribution in [2.75, 3.05) is 5.32 Å². The maximum Gasteiger partial charge on any atom is 0.573 e. The quantitative estimate of drug-likeness (QED) is 0.595. The topological polar surface area (TPSA) is 58.6 Å². The van der Waals surface area contributed by atoms with Gasteiger partial charge in [-0.3, -0.25) is 9.69 Å². The van der Waals surface area contributed by atoms with Crippen LogP contribution in [0.25, 0.3) is 0 Å². The van der Waals surface area contributed by atoms with Gasteiger partial charge in [0.1, 0.15) is 11.6 Å². The zero-order valence-electron chi connectivity index (χ0n) is 14.5. The van der Waals surface area contributed by atoms with Crippen molar-refractivity contribution in [2.45, 2.75) is 18.8 Å². The minimum atomic E-state index is -4.84. The highest BCUT2D eigenvalue weighted by molar-refractivity contribution is 9.10. The maximum absolute atomic E-state index is 13.2. The maximum atomic E-state index is 13.2. The first-order valence-corrected chi connectivity index (χ1v) is 9.03. The molecule has 0 saturated heterocycles. The molecule has 1 heterocycles. The van der Waals surface area contributed by atoms with E-state index in [4.69, 9.17) is 0 Å². The molecule has 152 valence electrons. The first kappa shape index (κ1) is 20.8. The molecule has 3 rings (SSSR count). The number of urea groups is 1. The average Bonchev–Trinajstić information content (AvgIpc) is 2.63. The summed E-state index contributed by atoms with van der Waals surface area (Å²) in [4.78, 5) is 25.8. The molecule has 1 aliphatic rings. The fourth-order valence-corrected chi connectivity index (χ4v) is 3.23. The first-order valence-electron chi connectivity index (χ1n) is 8.23. The van der Waals surface area contributed by atoms with Crippen molar-refractivity contribution in [3.63, 3.8) is 0 Å². The molecule has 0 fully saturated rings. The number of benzene rings is 2. The van der Waals surface area contributed by atoms with E-state index in [-0.39, 0.29) is 22.4 Å². The second kappa shape index (κ2) is 8.24. The van der Waals surface area contributed by atoms with E-state index in [1.54, 1.807) is 0 Å². The predicted octanol–water partition coefficient (Wildman–Crippen LogP) is 5.55. The minimum absolute atomic E-state index is 0.00901.